The van der Waals surface area contributed by atoms with Crippen LogP contribution < -0.4 is 11.1 Å². The molecule has 2 aromatic carbocycles. The molecule has 2 aliphatic carbocycles. The normalized spacial score (nSPS) is 32.8. The fourth-order valence-corrected chi connectivity index (χ4v) is 5.63. The van der Waals surface area contributed by atoms with Crippen LogP contribution in [0.2, 0.25) is 0 Å². The lowest BCUT2D eigenvalue weighted by Gasteiger charge is -2.43. The molecule has 1 aliphatic heterocycles. The number of fused-ring (bicyclic) bond motifs is 7. The van der Waals surface area contributed by atoms with E-state index in [0.717, 1.165) is 11.8 Å². The van der Waals surface area contributed by atoms with Gasteiger partial charge in [0, 0.05) is 11.3 Å². The molecule has 1 amide bonds. The molecule has 5 rings (SSSR count). The van der Waals surface area contributed by atoms with Crippen molar-refractivity contribution in [3.63, 3.8) is 0 Å². The van der Waals surface area contributed by atoms with Gasteiger partial charge < -0.3 is 11.1 Å². The van der Waals surface area contributed by atoms with E-state index in [4.69, 9.17) is 5.73 Å². The fourth-order valence-electron chi connectivity index (χ4n) is 5.63. The number of amides is 1. The highest BCUT2D eigenvalue weighted by Gasteiger charge is 2.53. The number of hydrogen-bond donors (Lipinski definition) is 2. The zero-order valence-electron chi connectivity index (χ0n) is 13.6. The summed E-state index contributed by atoms with van der Waals surface area (Å²) in [4.78, 5) is 11.6. The van der Waals surface area contributed by atoms with Gasteiger partial charge in [-0.05, 0) is 72.3 Å². The second-order valence-electron chi connectivity index (χ2n) is 7.64. The van der Waals surface area contributed by atoms with Gasteiger partial charge in [-0.15, -0.1) is 0 Å². The SMILES string of the molecule is NC(=O)c1ccc2c(c1)[C@@H]1[C@H]3CC[C@H](C3)[C@H]1[C@@H](c1ccccc1)N2. The van der Waals surface area contributed by atoms with Gasteiger partial charge in [0.15, 0.2) is 0 Å². The first kappa shape index (κ1) is 14.1. The number of rotatable bonds is 2. The van der Waals surface area contributed by atoms with Gasteiger partial charge >= 0.3 is 0 Å². The molecule has 3 aliphatic rings. The second-order valence-corrected chi connectivity index (χ2v) is 7.64. The Morgan fingerprint density at radius 2 is 1.83 bits per heavy atom. The molecular weight excluding hydrogens is 296 g/mol. The summed E-state index contributed by atoms with van der Waals surface area (Å²) in [7, 11) is 0. The Kier molecular flexibility index (Phi) is 2.99. The maximum Gasteiger partial charge on any atom is 0.248 e. The third kappa shape index (κ3) is 1.94. The van der Waals surface area contributed by atoms with E-state index in [1.807, 2.05) is 18.2 Å². The summed E-state index contributed by atoms with van der Waals surface area (Å²) in [6.07, 6.45) is 4.01. The second kappa shape index (κ2) is 5.10. The Hall–Kier alpha value is -2.29. The number of anilines is 1. The van der Waals surface area contributed by atoms with Crippen molar-refractivity contribution < 1.29 is 4.79 Å². The Morgan fingerprint density at radius 3 is 2.62 bits per heavy atom. The third-order valence-electron chi connectivity index (χ3n) is 6.53. The zero-order valence-corrected chi connectivity index (χ0v) is 13.6. The van der Waals surface area contributed by atoms with Crippen LogP contribution in [-0.2, 0) is 0 Å². The number of hydrogen-bond acceptors (Lipinski definition) is 2. The van der Waals surface area contributed by atoms with Crippen molar-refractivity contribution >= 4 is 11.6 Å². The van der Waals surface area contributed by atoms with Crippen molar-refractivity contribution in [1.29, 1.82) is 0 Å². The third-order valence-corrected chi connectivity index (χ3v) is 6.53. The summed E-state index contributed by atoms with van der Waals surface area (Å²) in [5.74, 6) is 2.41. The average molecular weight is 318 g/mol. The molecule has 0 unspecified atom stereocenters. The summed E-state index contributed by atoms with van der Waals surface area (Å²) in [5.41, 5.74) is 10.0. The highest BCUT2D eigenvalue weighted by molar-refractivity contribution is 5.93. The molecule has 0 saturated heterocycles. The predicted molar refractivity (Wildman–Crippen MR) is 94.8 cm³/mol. The average Bonchev–Trinajstić information content (AvgIpc) is 3.23. The number of carbonyl (C=O) groups excluding carboxylic acids is 1. The molecular formula is C21H22N2O. The van der Waals surface area contributed by atoms with E-state index < -0.39 is 0 Å². The van der Waals surface area contributed by atoms with Gasteiger partial charge in [0.1, 0.15) is 0 Å². The maximum absolute atomic E-state index is 11.6. The lowest BCUT2D eigenvalue weighted by molar-refractivity contribution is 0.1000. The molecule has 2 fully saturated rings. The van der Waals surface area contributed by atoms with Crippen molar-refractivity contribution in [3.8, 4) is 0 Å². The van der Waals surface area contributed by atoms with Crippen molar-refractivity contribution in [2.45, 2.75) is 31.2 Å². The molecule has 3 heteroatoms. The molecule has 122 valence electrons. The van der Waals surface area contributed by atoms with Gasteiger partial charge in [-0.1, -0.05) is 30.3 Å². The molecule has 1 heterocycles. The van der Waals surface area contributed by atoms with Gasteiger partial charge in [0.25, 0.3) is 0 Å². The van der Waals surface area contributed by atoms with E-state index in [1.165, 1.54) is 36.1 Å². The molecule has 3 N–H and O–H groups in total. The van der Waals surface area contributed by atoms with E-state index in [0.29, 0.717) is 23.4 Å². The molecule has 5 atom stereocenters. The minimum absolute atomic E-state index is 0.331. The first-order valence-electron chi connectivity index (χ1n) is 8.97. The first-order valence-corrected chi connectivity index (χ1v) is 8.97. The quantitative estimate of drug-likeness (QED) is 0.876. The van der Waals surface area contributed by atoms with E-state index in [9.17, 15) is 4.79 Å². The molecule has 0 radical (unpaired) electrons. The van der Waals surface area contributed by atoms with Crippen molar-refractivity contribution in [2.24, 2.45) is 23.5 Å². The van der Waals surface area contributed by atoms with Crippen LogP contribution in [0.25, 0.3) is 0 Å². The van der Waals surface area contributed by atoms with Gasteiger partial charge in [-0.25, -0.2) is 0 Å². The van der Waals surface area contributed by atoms with Gasteiger partial charge in [0.05, 0.1) is 6.04 Å². The van der Waals surface area contributed by atoms with Gasteiger partial charge in [-0.3, -0.25) is 4.79 Å². The fraction of sp³-hybridized carbons (Fsp3) is 0.381. The van der Waals surface area contributed by atoms with E-state index in [1.54, 1.807) is 0 Å². The van der Waals surface area contributed by atoms with Crippen LogP contribution in [-0.4, -0.2) is 5.91 Å². The summed E-state index contributed by atoms with van der Waals surface area (Å²) in [5, 5.41) is 3.78. The minimum atomic E-state index is -0.331. The van der Waals surface area contributed by atoms with Gasteiger partial charge in [0.2, 0.25) is 5.91 Å². The smallest absolute Gasteiger partial charge is 0.248 e. The van der Waals surface area contributed by atoms with Gasteiger partial charge in [-0.2, -0.15) is 0 Å². The lowest BCUT2D eigenvalue weighted by atomic mass is 9.68. The number of benzene rings is 2. The molecule has 2 aromatic rings. The van der Waals surface area contributed by atoms with E-state index in [-0.39, 0.29) is 5.91 Å². The molecule has 2 bridgehead atoms. The Morgan fingerprint density at radius 1 is 1.04 bits per heavy atom. The van der Waals surface area contributed by atoms with Crippen LogP contribution in [0, 0.1) is 17.8 Å². The molecule has 24 heavy (non-hydrogen) atoms. The van der Waals surface area contributed by atoms with Crippen molar-refractivity contribution in [3.05, 3.63) is 65.2 Å². The molecule has 0 spiro atoms. The summed E-state index contributed by atoms with van der Waals surface area (Å²) >= 11 is 0. The minimum Gasteiger partial charge on any atom is -0.378 e. The molecule has 3 nitrogen and oxygen atoms in total. The van der Waals surface area contributed by atoms with Crippen molar-refractivity contribution in [2.75, 3.05) is 5.32 Å². The number of carbonyl (C=O) groups is 1. The molecule has 2 saturated carbocycles. The predicted octanol–water partition coefficient (Wildman–Crippen LogP) is 4.08. The Bertz CT molecular complexity index is 801. The highest BCUT2D eigenvalue weighted by atomic mass is 16.1. The standard InChI is InChI=1S/C21H22N2O/c22-21(24)15-8-9-17-16(11-15)18-13-6-7-14(10-13)19(18)20(23-17)12-4-2-1-3-5-12/h1-5,8-9,11,13-14,18-20,23H,6-7,10H2,(H2,22,24)/t13-,14+,18-,19+,20+/m0/s1. The summed E-state index contributed by atoms with van der Waals surface area (Å²) in [6, 6.07) is 17.1. The largest absolute Gasteiger partial charge is 0.378 e. The van der Waals surface area contributed by atoms with Crippen LogP contribution in [0.4, 0.5) is 5.69 Å². The van der Waals surface area contributed by atoms with Crippen LogP contribution in [0.15, 0.2) is 48.5 Å². The monoisotopic (exact) mass is 318 g/mol. The highest BCUT2D eigenvalue weighted by Crippen LogP contribution is 2.63. The number of nitrogens with two attached hydrogens (primary N) is 1. The van der Waals surface area contributed by atoms with Crippen LogP contribution >= 0.6 is 0 Å². The zero-order chi connectivity index (χ0) is 16.3. The van der Waals surface area contributed by atoms with Crippen LogP contribution in [0.5, 0.6) is 0 Å². The maximum atomic E-state index is 11.6. The van der Waals surface area contributed by atoms with E-state index in [2.05, 4.69) is 35.6 Å². The van der Waals surface area contributed by atoms with Crippen LogP contribution in [0.3, 0.4) is 0 Å². The van der Waals surface area contributed by atoms with E-state index >= 15 is 0 Å². The Balaban J connectivity index is 1.64. The first-order chi connectivity index (χ1) is 11.7. The number of nitrogens with one attached hydrogen (secondary N) is 1. The lowest BCUT2D eigenvalue weighted by Crippen LogP contribution is -2.35. The number of primary amides is 1. The topological polar surface area (TPSA) is 55.1 Å². The Labute approximate surface area is 142 Å². The van der Waals surface area contributed by atoms with Crippen LogP contribution in [0.1, 0.15) is 52.7 Å². The molecule has 0 aromatic heterocycles. The summed E-state index contributed by atoms with van der Waals surface area (Å²) in [6.45, 7) is 0. The summed E-state index contributed by atoms with van der Waals surface area (Å²) < 4.78 is 0. The van der Waals surface area contributed by atoms with Crippen molar-refractivity contribution in [1.82, 2.24) is 0 Å².